The molecule has 2 amide bonds. The third-order valence-electron chi connectivity index (χ3n) is 3.19. The summed E-state index contributed by atoms with van der Waals surface area (Å²) in [6, 6.07) is 10.8. The average molecular weight is 357 g/mol. The van der Waals surface area contributed by atoms with E-state index >= 15 is 0 Å². The number of benzene rings is 2. The van der Waals surface area contributed by atoms with Crippen LogP contribution in [0.5, 0.6) is 0 Å². The van der Waals surface area contributed by atoms with Crippen molar-refractivity contribution in [2.24, 2.45) is 0 Å². The molecule has 2 aromatic carbocycles. The summed E-state index contributed by atoms with van der Waals surface area (Å²) in [5, 5.41) is 2.73. The first-order valence-electron chi connectivity index (χ1n) is 6.26. The molecular weight excluding hydrogens is 347 g/mol. The van der Waals surface area contributed by atoms with Crippen LogP contribution in [0, 0.1) is 0 Å². The van der Waals surface area contributed by atoms with E-state index in [0.717, 1.165) is 4.31 Å². The smallest absolute Gasteiger partial charge is 0.306 e. The largest absolute Gasteiger partial charge is 0.336 e. The Balaban J connectivity index is 2.09. The lowest BCUT2D eigenvalue weighted by Crippen LogP contribution is -2.43. The van der Waals surface area contributed by atoms with Crippen LogP contribution in [0.25, 0.3) is 0 Å². The molecular formula is C14H10Cl2N2O3S. The van der Waals surface area contributed by atoms with Crippen LogP contribution in [0.2, 0.25) is 10.0 Å². The lowest BCUT2D eigenvalue weighted by molar-refractivity contribution is 0.233. The summed E-state index contributed by atoms with van der Waals surface area (Å²) in [7, 11) is -4.05. The van der Waals surface area contributed by atoms with Gasteiger partial charge in [-0.3, -0.25) is 0 Å². The second-order valence-electron chi connectivity index (χ2n) is 4.69. The fourth-order valence-corrected chi connectivity index (χ4v) is 4.50. The summed E-state index contributed by atoms with van der Waals surface area (Å²) in [4.78, 5) is 12.0. The van der Waals surface area contributed by atoms with Crippen LogP contribution in [0.15, 0.2) is 47.4 Å². The minimum Gasteiger partial charge on any atom is -0.306 e. The van der Waals surface area contributed by atoms with Crippen molar-refractivity contribution in [2.45, 2.75) is 11.4 Å². The number of hydrogen-bond donors (Lipinski definition) is 1. The van der Waals surface area contributed by atoms with Crippen molar-refractivity contribution in [3.8, 4) is 0 Å². The second-order valence-corrected chi connectivity index (χ2v) is 7.33. The molecule has 1 heterocycles. The van der Waals surface area contributed by atoms with Gasteiger partial charge in [0.05, 0.1) is 17.3 Å². The quantitative estimate of drug-likeness (QED) is 0.891. The van der Waals surface area contributed by atoms with E-state index in [4.69, 9.17) is 23.2 Å². The molecule has 0 radical (unpaired) electrons. The summed E-state index contributed by atoms with van der Waals surface area (Å²) < 4.78 is 26.1. The number of nitrogens with one attached hydrogen (secondary N) is 1. The van der Waals surface area contributed by atoms with E-state index < -0.39 is 16.1 Å². The number of hydrogen-bond acceptors (Lipinski definition) is 3. The number of carbonyl (C=O) groups is 1. The molecule has 0 aromatic heterocycles. The Morgan fingerprint density at radius 3 is 2.45 bits per heavy atom. The maximum Gasteiger partial charge on any atom is 0.336 e. The maximum atomic E-state index is 12.7. The van der Waals surface area contributed by atoms with Gasteiger partial charge in [-0.1, -0.05) is 53.5 Å². The number of urea groups is 1. The molecule has 1 aliphatic rings. The lowest BCUT2D eigenvalue weighted by atomic mass is 10.2. The molecule has 0 aliphatic carbocycles. The first-order valence-corrected chi connectivity index (χ1v) is 8.46. The van der Waals surface area contributed by atoms with Crippen LogP contribution in [0.4, 0.5) is 10.5 Å². The zero-order chi connectivity index (χ0) is 15.9. The number of anilines is 1. The standard InChI is InChI=1S/C14H10Cl2N2O3S/c15-10-6-11(16)13-12(7-10)17-14(19)18(22(13,20)21)8-9-4-2-1-3-5-9/h1-7H,8H2,(H,17,19). The van der Waals surface area contributed by atoms with E-state index in [1.807, 2.05) is 6.07 Å². The Labute approximate surface area is 137 Å². The maximum absolute atomic E-state index is 12.7. The number of halogens is 2. The molecule has 0 unspecified atom stereocenters. The fraction of sp³-hybridized carbons (Fsp3) is 0.0714. The van der Waals surface area contributed by atoms with Gasteiger partial charge >= 0.3 is 6.03 Å². The van der Waals surface area contributed by atoms with Crippen molar-refractivity contribution >= 4 is 44.9 Å². The second kappa shape index (κ2) is 5.46. The van der Waals surface area contributed by atoms with Gasteiger partial charge in [-0.05, 0) is 17.7 Å². The average Bonchev–Trinajstić information content (AvgIpc) is 2.43. The fourth-order valence-electron chi connectivity index (χ4n) is 2.22. The van der Waals surface area contributed by atoms with Gasteiger partial charge in [0.1, 0.15) is 4.90 Å². The Morgan fingerprint density at radius 2 is 1.77 bits per heavy atom. The van der Waals surface area contributed by atoms with E-state index in [1.54, 1.807) is 24.3 Å². The normalized spacial score (nSPS) is 16.1. The molecule has 1 N–H and O–H groups in total. The Bertz CT molecular complexity index is 854. The molecule has 0 saturated carbocycles. The van der Waals surface area contributed by atoms with Gasteiger partial charge in [0.15, 0.2) is 0 Å². The third kappa shape index (κ3) is 2.54. The summed E-state index contributed by atoms with van der Waals surface area (Å²) in [5.41, 5.74) is 0.779. The summed E-state index contributed by atoms with van der Waals surface area (Å²) in [6.07, 6.45) is 0. The predicted octanol–water partition coefficient (Wildman–Crippen LogP) is 3.73. The van der Waals surface area contributed by atoms with Crippen LogP contribution in [0.3, 0.4) is 0 Å². The third-order valence-corrected chi connectivity index (χ3v) is 5.65. The zero-order valence-electron chi connectivity index (χ0n) is 11.1. The Hall–Kier alpha value is -1.76. The van der Waals surface area contributed by atoms with Gasteiger partial charge in [0, 0.05) is 5.02 Å². The molecule has 0 fully saturated rings. The number of carbonyl (C=O) groups excluding carboxylic acids is 1. The molecule has 2 aromatic rings. The first-order chi connectivity index (χ1) is 10.4. The van der Waals surface area contributed by atoms with Gasteiger partial charge < -0.3 is 5.32 Å². The number of sulfonamides is 1. The summed E-state index contributed by atoms with van der Waals surface area (Å²) in [5.74, 6) is 0. The molecule has 3 rings (SSSR count). The van der Waals surface area contributed by atoms with Crippen molar-refractivity contribution in [3.05, 3.63) is 58.1 Å². The minimum absolute atomic E-state index is 0.0273. The number of nitrogens with zero attached hydrogens (tertiary/aromatic N) is 1. The summed E-state index contributed by atoms with van der Waals surface area (Å²) >= 11 is 11.9. The van der Waals surface area contributed by atoms with E-state index in [-0.39, 0.29) is 27.2 Å². The van der Waals surface area contributed by atoms with Gasteiger partial charge in [-0.15, -0.1) is 0 Å². The van der Waals surface area contributed by atoms with Crippen LogP contribution in [0.1, 0.15) is 5.56 Å². The van der Waals surface area contributed by atoms with Crippen molar-refractivity contribution < 1.29 is 13.2 Å². The predicted molar refractivity (Wildman–Crippen MR) is 84.7 cm³/mol. The lowest BCUT2D eigenvalue weighted by Gasteiger charge is -2.29. The van der Waals surface area contributed by atoms with E-state index in [2.05, 4.69) is 5.32 Å². The minimum atomic E-state index is -4.05. The molecule has 0 bridgehead atoms. The molecule has 8 heteroatoms. The highest BCUT2D eigenvalue weighted by atomic mass is 35.5. The van der Waals surface area contributed by atoms with Crippen molar-refractivity contribution in [2.75, 3.05) is 5.32 Å². The van der Waals surface area contributed by atoms with Gasteiger partial charge in [0.2, 0.25) is 0 Å². The molecule has 22 heavy (non-hydrogen) atoms. The van der Waals surface area contributed by atoms with E-state index in [0.29, 0.717) is 5.56 Å². The van der Waals surface area contributed by atoms with Crippen molar-refractivity contribution in [1.29, 1.82) is 0 Å². The van der Waals surface area contributed by atoms with Gasteiger partial charge in [-0.2, -0.15) is 0 Å². The monoisotopic (exact) mass is 356 g/mol. The Morgan fingerprint density at radius 1 is 1.09 bits per heavy atom. The molecule has 5 nitrogen and oxygen atoms in total. The number of fused-ring (bicyclic) bond motifs is 1. The number of amides is 2. The summed E-state index contributed by atoms with van der Waals surface area (Å²) in [6.45, 7) is -0.0760. The topological polar surface area (TPSA) is 66.5 Å². The molecule has 0 saturated heterocycles. The molecule has 0 spiro atoms. The van der Waals surface area contributed by atoms with Gasteiger partial charge in [0.25, 0.3) is 10.0 Å². The van der Waals surface area contributed by atoms with Crippen molar-refractivity contribution in [3.63, 3.8) is 0 Å². The van der Waals surface area contributed by atoms with Gasteiger partial charge in [-0.25, -0.2) is 17.5 Å². The first kappa shape index (κ1) is 15.1. The van der Waals surface area contributed by atoms with E-state index in [1.165, 1.54) is 12.1 Å². The highest BCUT2D eigenvalue weighted by Crippen LogP contribution is 2.38. The highest BCUT2D eigenvalue weighted by molar-refractivity contribution is 7.90. The SMILES string of the molecule is O=C1Nc2cc(Cl)cc(Cl)c2S(=O)(=O)N1Cc1ccccc1. The molecule has 0 atom stereocenters. The molecule has 114 valence electrons. The molecule has 1 aliphatic heterocycles. The number of rotatable bonds is 2. The Kier molecular flexibility index (Phi) is 3.76. The van der Waals surface area contributed by atoms with Crippen LogP contribution in [-0.2, 0) is 16.6 Å². The van der Waals surface area contributed by atoms with Crippen LogP contribution < -0.4 is 5.32 Å². The zero-order valence-corrected chi connectivity index (χ0v) is 13.4. The van der Waals surface area contributed by atoms with Crippen LogP contribution >= 0.6 is 23.2 Å². The van der Waals surface area contributed by atoms with Crippen LogP contribution in [-0.4, -0.2) is 18.8 Å². The van der Waals surface area contributed by atoms with E-state index in [9.17, 15) is 13.2 Å². The highest BCUT2D eigenvalue weighted by Gasteiger charge is 2.38. The van der Waals surface area contributed by atoms with Crippen molar-refractivity contribution in [1.82, 2.24) is 4.31 Å².